The first-order chi connectivity index (χ1) is 12.0. The molecule has 3 aromatic rings. The molecule has 2 aromatic heterocycles. The van der Waals surface area contributed by atoms with Crippen molar-refractivity contribution < 1.29 is 4.79 Å². The number of aromatic nitrogens is 3. The summed E-state index contributed by atoms with van der Waals surface area (Å²) in [6.07, 6.45) is 1.58. The fourth-order valence-corrected chi connectivity index (χ4v) is 2.57. The van der Waals surface area contributed by atoms with E-state index < -0.39 is 0 Å². The van der Waals surface area contributed by atoms with E-state index in [1.54, 1.807) is 30.5 Å². The van der Waals surface area contributed by atoms with Crippen LogP contribution in [0.1, 0.15) is 5.69 Å². The second-order valence-electron chi connectivity index (χ2n) is 5.94. The van der Waals surface area contributed by atoms with Crippen LogP contribution in [0.25, 0.3) is 10.8 Å². The van der Waals surface area contributed by atoms with E-state index in [1.807, 2.05) is 38.1 Å². The number of carbonyl (C=O) groups is 1. The number of pyridine rings is 1. The fourth-order valence-electron chi connectivity index (χ4n) is 2.57. The monoisotopic (exact) mass is 337 g/mol. The highest BCUT2D eigenvalue weighted by Gasteiger charge is 2.11. The second-order valence-corrected chi connectivity index (χ2v) is 5.94. The van der Waals surface area contributed by atoms with E-state index >= 15 is 0 Å². The lowest BCUT2D eigenvalue weighted by Crippen LogP contribution is -2.30. The molecule has 0 fully saturated rings. The quantitative estimate of drug-likeness (QED) is 0.785. The summed E-state index contributed by atoms with van der Waals surface area (Å²) < 4.78 is 1.19. The average molecular weight is 337 g/mol. The van der Waals surface area contributed by atoms with Gasteiger partial charge in [-0.05, 0) is 25.1 Å². The molecule has 7 heteroatoms. The maximum absolute atomic E-state index is 12.5. The van der Waals surface area contributed by atoms with E-state index in [4.69, 9.17) is 0 Å². The molecular formula is C18H19N5O2. The number of hydrogen-bond acceptors (Lipinski definition) is 5. The molecule has 0 aliphatic heterocycles. The van der Waals surface area contributed by atoms with Gasteiger partial charge in [-0.1, -0.05) is 18.2 Å². The summed E-state index contributed by atoms with van der Waals surface area (Å²) in [4.78, 5) is 30.8. The lowest BCUT2D eigenvalue weighted by molar-refractivity contribution is -0.117. The molecule has 2 heterocycles. The first-order valence-corrected chi connectivity index (χ1v) is 7.85. The molecule has 7 nitrogen and oxygen atoms in total. The minimum atomic E-state index is -0.330. The van der Waals surface area contributed by atoms with Crippen molar-refractivity contribution in [2.24, 2.45) is 0 Å². The summed E-state index contributed by atoms with van der Waals surface area (Å²) in [7, 11) is 3.78. The van der Waals surface area contributed by atoms with Crippen LogP contribution < -0.4 is 15.8 Å². The van der Waals surface area contributed by atoms with Gasteiger partial charge in [-0.15, -0.1) is 0 Å². The first kappa shape index (κ1) is 16.6. The van der Waals surface area contributed by atoms with E-state index in [9.17, 15) is 9.59 Å². The molecule has 1 amide bonds. The molecule has 0 saturated heterocycles. The van der Waals surface area contributed by atoms with Gasteiger partial charge < -0.3 is 10.2 Å². The molecule has 0 radical (unpaired) electrons. The normalized spacial score (nSPS) is 10.7. The lowest BCUT2D eigenvalue weighted by atomic mass is 10.1. The average Bonchev–Trinajstić information content (AvgIpc) is 2.60. The topological polar surface area (TPSA) is 80.1 Å². The van der Waals surface area contributed by atoms with E-state index in [0.717, 1.165) is 11.2 Å². The molecule has 128 valence electrons. The van der Waals surface area contributed by atoms with Crippen LogP contribution in [0.5, 0.6) is 0 Å². The number of anilines is 2. The van der Waals surface area contributed by atoms with Crippen molar-refractivity contribution in [1.29, 1.82) is 0 Å². The van der Waals surface area contributed by atoms with Gasteiger partial charge in [0.15, 0.2) is 0 Å². The highest BCUT2D eigenvalue weighted by Crippen LogP contribution is 2.13. The Bertz CT molecular complexity index is 977. The van der Waals surface area contributed by atoms with Crippen LogP contribution in [-0.2, 0) is 11.3 Å². The maximum atomic E-state index is 12.5. The van der Waals surface area contributed by atoms with Crippen LogP contribution in [-0.4, -0.2) is 34.8 Å². The summed E-state index contributed by atoms with van der Waals surface area (Å²) in [5.41, 5.74) is 0.999. The molecule has 0 unspecified atom stereocenters. The molecule has 0 bridgehead atoms. The Balaban J connectivity index is 1.80. The standard InChI is InChI=1S/C18H19N5O2/c1-12-14-6-4-5-7-15(14)18(25)23(21-12)11-17(24)20-13-8-9-16(19-10-13)22(2)3/h4-10H,11H2,1-3H3,(H,20,24). The Morgan fingerprint density at radius 3 is 2.52 bits per heavy atom. The highest BCUT2D eigenvalue weighted by atomic mass is 16.2. The van der Waals surface area contributed by atoms with Crippen molar-refractivity contribution in [1.82, 2.24) is 14.8 Å². The van der Waals surface area contributed by atoms with E-state index in [1.165, 1.54) is 4.68 Å². The van der Waals surface area contributed by atoms with Gasteiger partial charge in [-0.2, -0.15) is 5.10 Å². The molecule has 25 heavy (non-hydrogen) atoms. The zero-order valence-corrected chi connectivity index (χ0v) is 14.4. The minimum absolute atomic E-state index is 0.153. The molecule has 0 saturated carbocycles. The third kappa shape index (κ3) is 3.50. The largest absolute Gasteiger partial charge is 0.363 e. The Kier molecular flexibility index (Phi) is 4.47. The predicted molar refractivity (Wildman–Crippen MR) is 97.9 cm³/mol. The van der Waals surface area contributed by atoms with Crippen molar-refractivity contribution in [2.45, 2.75) is 13.5 Å². The van der Waals surface area contributed by atoms with Crippen molar-refractivity contribution in [3.05, 3.63) is 58.6 Å². The molecule has 1 aromatic carbocycles. The van der Waals surface area contributed by atoms with Crippen LogP contribution in [0.3, 0.4) is 0 Å². The third-order valence-corrected chi connectivity index (χ3v) is 3.84. The molecular weight excluding hydrogens is 318 g/mol. The summed E-state index contributed by atoms with van der Waals surface area (Å²) in [6.45, 7) is 1.67. The van der Waals surface area contributed by atoms with Crippen LogP contribution in [0, 0.1) is 6.92 Å². The van der Waals surface area contributed by atoms with Gasteiger partial charge in [0.1, 0.15) is 12.4 Å². The minimum Gasteiger partial charge on any atom is -0.363 e. The smallest absolute Gasteiger partial charge is 0.275 e. The van der Waals surface area contributed by atoms with Gasteiger partial charge in [0.25, 0.3) is 5.56 Å². The number of nitrogens with one attached hydrogen (secondary N) is 1. The zero-order chi connectivity index (χ0) is 18.0. The number of aryl methyl sites for hydroxylation is 1. The number of benzene rings is 1. The lowest BCUT2D eigenvalue weighted by Gasteiger charge is -2.12. The van der Waals surface area contributed by atoms with Crippen molar-refractivity contribution in [3.8, 4) is 0 Å². The summed E-state index contributed by atoms with van der Waals surface area (Å²) in [5.74, 6) is 0.463. The Labute approximate surface area is 144 Å². The van der Waals surface area contributed by atoms with Crippen LogP contribution >= 0.6 is 0 Å². The molecule has 0 aliphatic carbocycles. The van der Waals surface area contributed by atoms with Gasteiger partial charge >= 0.3 is 0 Å². The highest BCUT2D eigenvalue weighted by molar-refractivity contribution is 5.90. The molecule has 0 aliphatic rings. The number of nitrogens with zero attached hydrogens (tertiary/aromatic N) is 4. The van der Waals surface area contributed by atoms with Gasteiger partial charge in [-0.25, -0.2) is 9.67 Å². The number of carbonyl (C=O) groups excluding carboxylic acids is 1. The number of rotatable bonds is 4. The molecule has 0 spiro atoms. The van der Waals surface area contributed by atoms with Crippen molar-refractivity contribution >= 4 is 28.2 Å². The second kappa shape index (κ2) is 6.72. The summed E-state index contributed by atoms with van der Waals surface area (Å²) >= 11 is 0. The SMILES string of the molecule is Cc1nn(CC(=O)Nc2ccc(N(C)C)nc2)c(=O)c2ccccc12. The van der Waals surface area contributed by atoms with Gasteiger partial charge in [0.05, 0.1) is 23.0 Å². The zero-order valence-electron chi connectivity index (χ0n) is 14.4. The van der Waals surface area contributed by atoms with E-state index in [-0.39, 0.29) is 18.0 Å². The van der Waals surface area contributed by atoms with Gasteiger partial charge in [0, 0.05) is 19.5 Å². The number of amides is 1. The Hall–Kier alpha value is -3.22. The Morgan fingerprint density at radius 1 is 1.16 bits per heavy atom. The van der Waals surface area contributed by atoms with Crippen molar-refractivity contribution in [3.63, 3.8) is 0 Å². The van der Waals surface area contributed by atoms with Crippen LogP contribution in [0.15, 0.2) is 47.4 Å². The molecule has 3 rings (SSSR count). The summed E-state index contributed by atoms with van der Waals surface area (Å²) in [6, 6.07) is 10.8. The summed E-state index contributed by atoms with van der Waals surface area (Å²) in [5, 5.41) is 8.33. The van der Waals surface area contributed by atoms with Crippen LogP contribution in [0.2, 0.25) is 0 Å². The maximum Gasteiger partial charge on any atom is 0.275 e. The van der Waals surface area contributed by atoms with Gasteiger partial charge in [-0.3, -0.25) is 9.59 Å². The first-order valence-electron chi connectivity index (χ1n) is 7.85. The van der Waals surface area contributed by atoms with Crippen molar-refractivity contribution in [2.75, 3.05) is 24.3 Å². The number of fused-ring (bicyclic) bond motifs is 1. The molecule has 1 N–H and O–H groups in total. The fraction of sp³-hybridized carbons (Fsp3) is 0.222. The van der Waals surface area contributed by atoms with Crippen LogP contribution in [0.4, 0.5) is 11.5 Å². The molecule has 0 atom stereocenters. The van der Waals surface area contributed by atoms with E-state index in [2.05, 4.69) is 15.4 Å². The Morgan fingerprint density at radius 2 is 1.88 bits per heavy atom. The predicted octanol–water partition coefficient (Wildman–Crippen LogP) is 1.80. The third-order valence-electron chi connectivity index (χ3n) is 3.84. The van der Waals surface area contributed by atoms with E-state index in [0.29, 0.717) is 16.8 Å². The van der Waals surface area contributed by atoms with Gasteiger partial charge in [0.2, 0.25) is 5.91 Å². The number of hydrogen-bond donors (Lipinski definition) is 1.